The summed E-state index contributed by atoms with van der Waals surface area (Å²) in [6.45, 7) is 4.17. The molecule has 1 N–H and O–H groups in total. The number of nitrogens with zero attached hydrogens (tertiary/aromatic N) is 1. The third kappa shape index (κ3) is 2.67. The molecule has 0 aromatic carbocycles. The van der Waals surface area contributed by atoms with E-state index in [1.54, 1.807) is 4.90 Å². The molecule has 1 saturated heterocycles. The molecule has 4 bridgehead atoms. The highest BCUT2D eigenvalue weighted by Crippen LogP contribution is 2.65. The molecule has 21 heavy (non-hydrogen) atoms. The molecule has 1 amide bonds. The minimum atomic E-state index is 0.334. The molecule has 5 rings (SSSR count). The lowest BCUT2D eigenvalue weighted by molar-refractivity contribution is -0.883. The van der Waals surface area contributed by atoms with Crippen molar-refractivity contribution in [2.24, 2.45) is 17.3 Å². The van der Waals surface area contributed by atoms with Crippen LogP contribution in [0.1, 0.15) is 44.9 Å². The molecule has 118 valence electrons. The van der Waals surface area contributed by atoms with Crippen LogP contribution in [0.25, 0.3) is 0 Å². The van der Waals surface area contributed by atoms with Crippen LogP contribution in [0, 0.1) is 17.3 Å². The van der Waals surface area contributed by atoms with Crippen LogP contribution >= 0.6 is 15.9 Å². The van der Waals surface area contributed by atoms with Gasteiger partial charge in [-0.3, -0.25) is 4.79 Å². The Hall–Kier alpha value is -0.0900. The van der Waals surface area contributed by atoms with E-state index in [2.05, 4.69) is 27.9 Å². The van der Waals surface area contributed by atoms with E-state index >= 15 is 0 Å². The van der Waals surface area contributed by atoms with Crippen molar-refractivity contribution in [2.45, 2.75) is 49.3 Å². The standard InChI is InChI=1S/C17H27BrN2O/c1-19-2-4-20(5-3-19)15(21)11-16-7-13-6-14(8-16)10-17(18,9-13)12-16/h13-14H,2-12H2,1H3/p+1/t13-,14-,16?,17?/m1/s1. The molecule has 0 spiro atoms. The number of carbonyl (C=O) groups is 1. The van der Waals surface area contributed by atoms with Crippen molar-refractivity contribution in [1.29, 1.82) is 0 Å². The predicted molar refractivity (Wildman–Crippen MR) is 86.6 cm³/mol. The summed E-state index contributed by atoms with van der Waals surface area (Å²) in [4.78, 5) is 16.5. The second-order valence-electron chi connectivity index (χ2n) is 8.63. The molecule has 0 aromatic heterocycles. The van der Waals surface area contributed by atoms with Gasteiger partial charge in [0.1, 0.15) is 0 Å². The first-order chi connectivity index (χ1) is 9.95. The molecule has 4 heteroatoms. The van der Waals surface area contributed by atoms with Gasteiger partial charge in [0.25, 0.3) is 0 Å². The van der Waals surface area contributed by atoms with E-state index in [1.807, 2.05) is 0 Å². The third-order valence-electron chi connectivity index (χ3n) is 6.61. The summed E-state index contributed by atoms with van der Waals surface area (Å²) in [5.74, 6) is 2.21. The van der Waals surface area contributed by atoms with E-state index in [0.29, 0.717) is 15.6 Å². The van der Waals surface area contributed by atoms with E-state index < -0.39 is 0 Å². The van der Waals surface area contributed by atoms with Crippen LogP contribution in [0.5, 0.6) is 0 Å². The van der Waals surface area contributed by atoms with Gasteiger partial charge in [-0.25, -0.2) is 0 Å². The lowest BCUT2D eigenvalue weighted by Gasteiger charge is -2.60. The molecule has 3 nitrogen and oxygen atoms in total. The summed E-state index contributed by atoms with van der Waals surface area (Å²) in [6, 6.07) is 0. The third-order valence-corrected chi connectivity index (χ3v) is 7.53. The molecule has 0 unspecified atom stereocenters. The van der Waals surface area contributed by atoms with E-state index in [4.69, 9.17) is 0 Å². The largest absolute Gasteiger partial charge is 0.334 e. The topological polar surface area (TPSA) is 24.8 Å². The Kier molecular flexibility index (Phi) is 3.42. The summed E-state index contributed by atoms with van der Waals surface area (Å²) < 4.78 is 0.379. The van der Waals surface area contributed by atoms with E-state index in [0.717, 1.165) is 44.4 Å². The molecule has 5 aliphatic rings. The van der Waals surface area contributed by atoms with Gasteiger partial charge in [-0.1, -0.05) is 15.9 Å². The minimum absolute atomic E-state index is 0.334. The minimum Gasteiger partial charge on any atom is -0.334 e. The predicted octanol–water partition coefficient (Wildman–Crippen LogP) is 1.47. The van der Waals surface area contributed by atoms with Crippen molar-refractivity contribution in [1.82, 2.24) is 4.90 Å². The van der Waals surface area contributed by atoms with Crippen molar-refractivity contribution in [3.8, 4) is 0 Å². The van der Waals surface area contributed by atoms with E-state index in [-0.39, 0.29) is 0 Å². The molecule has 1 heterocycles. The molecule has 1 aliphatic heterocycles. The average Bonchev–Trinajstić information content (AvgIpc) is 2.35. The maximum Gasteiger partial charge on any atom is 0.223 e. The van der Waals surface area contributed by atoms with Crippen LogP contribution in [-0.4, -0.2) is 48.4 Å². The maximum absolute atomic E-state index is 12.8. The first-order valence-corrected chi connectivity index (χ1v) is 9.53. The first-order valence-electron chi connectivity index (χ1n) is 8.73. The zero-order chi connectivity index (χ0) is 14.7. The Morgan fingerprint density at radius 3 is 2.38 bits per heavy atom. The van der Waals surface area contributed by atoms with Crippen LogP contribution < -0.4 is 4.90 Å². The number of likely N-dealkylation sites (N-methyl/N-ethyl adjacent to an activating group) is 1. The Morgan fingerprint density at radius 1 is 1.19 bits per heavy atom. The van der Waals surface area contributed by atoms with Crippen molar-refractivity contribution in [2.75, 3.05) is 33.2 Å². The lowest BCUT2D eigenvalue weighted by atomic mass is 9.48. The van der Waals surface area contributed by atoms with Crippen molar-refractivity contribution in [3.05, 3.63) is 0 Å². The van der Waals surface area contributed by atoms with E-state index in [9.17, 15) is 4.79 Å². The van der Waals surface area contributed by atoms with Crippen LogP contribution in [-0.2, 0) is 4.79 Å². The molecule has 0 radical (unpaired) electrons. The second-order valence-corrected chi connectivity index (χ2v) is 10.3. The van der Waals surface area contributed by atoms with Gasteiger partial charge >= 0.3 is 0 Å². The highest BCUT2D eigenvalue weighted by Gasteiger charge is 2.57. The van der Waals surface area contributed by atoms with Gasteiger partial charge in [0.2, 0.25) is 5.91 Å². The quantitative estimate of drug-likeness (QED) is 0.745. The number of carbonyl (C=O) groups excluding carboxylic acids is 1. The monoisotopic (exact) mass is 355 g/mol. The fourth-order valence-electron chi connectivity index (χ4n) is 6.11. The zero-order valence-corrected chi connectivity index (χ0v) is 14.8. The lowest BCUT2D eigenvalue weighted by Crippen LogP contribution is -3.12. The van der Waals surface area contributed by atoms with Gasteiger partial charge in [0.15, 0.2) is 0 Å². The number of hydrogen-bond acceptors (Lipinski definition) is 1. The molecule has 0 aromatic rings. The molecule has 4 saturated carbocycles. The molecular weight excluding hydrogens is 328 g/mol. The number of alkyl halides is 1. The average molecular weight is 356 g/mol. The van der Waals surface area contributed by atoms with Gasteiger partial charge in [-0.05, 0) is 55.8 Å². The smallest absolute Gasteiger partial charge is 0.223 e. The number of amides is 1. The van der Waals surface area contributed by atoms with Gasteiger partial charge in [-0.2, -0.15) is 0 Å². The van der Waals surface area contributed by atoms with Crippen LogP contribution in [0.2, 0.25) is 0 Å². The summed E-state index contributed by atoms with van der Waals surface area (Å²) >= 11 is 4.06. The van der Waals surface area contributed by atoms with Gasteiger partial charge < -0.3 is 9.80 Å². The fourth-order valence-corrected chi connectivity index (χ4v) is 7.62. The number of hydrogen-bond donors (Lipinski definition) is 1. The van der Waals surface area contributed by atoms with Gasteiger partial charge in [0.05, 0.1) is 33.2 Å². The number of quaternary nitrogens is 1. The Bertz CT molecular complexity index is 430. The molecule has 2 atom stereocenters. The molecule has 4 aliphatic carbocycles. The SMILES string of the molecule is C[NH+]1CCN(C(=O)CC23C[C@H]4C[C@@H](CC(Br)(C4)C2)C3)CC1. The summed E-state index contributed by atoms with van der Waals surface area (Å²) in [7, 11) is 2.23. The summed E-state index contributed by atoms with van der Waals surface area (Å²) in [5.41, 5.74) is 0.334. The summed E-state index contributed by atoms with van der Waals surface area (Å²) in [5, 5.41) is 0. The zero-order valence-electron chi connectivity index (χ0n) is 13.2. The second kappa shape index (κ2) is 4.95. The van der Waals surface area contributed by atoms with Crippen LogP contribution in [0.15, 0.2) is 0 Å². The summed E-state index contributed by atoms with van der Waals surface area (Å²) in [6.07, 6.45) is 8.86. The maximum atomic E-state index is 12.8. The van der Waals surface area contributed by atoms with Crippen molar-refractivity contribution >= 4 is 21.8 Å². The van der Waals surface area contributed by atoms with Crippen LogP contribution in [0.3, 0.4) is 0 Å². The normalized spacial score (nSPS) is 46.1. The Morgan fingerprint density at radius 2 is 1.81 bits per heavy atom. The Balaban J connectivity index is 1.45. The number of piperazine rings is 1. The van der Waals surface area contributed by atoms with E-state index in [1.165, 1.54) is 38.5 Å². The number of nitrogens with one attached hydrogen (secondary N) is 1. The van der Waals surface area contributed by atoms with Crippen LogP contribution in [0.4, 0.5) is 0 Å². The fraction of sp³-hybridized carbons (Fsp3) is 0.941. The van der Waals surface area contributed by atoms with Crippen molar-refractivity contribution in [3.63, 3.8) is 0 Å². The van der Waals surface area contributed by atoms with Gasteiger partial charge in [-0.15, -0.1) is 0 Å². The molecular formula is C17H28BrN2O+. The highest BCUT2D eigenvalue weighted by atomic mass is 79.9. The Labute approximate surface area is 136 Å². The highest BCUT2D eigenvalue weighted by molar-refractivity contribution is 9.10. The van der Waals surface area contributed by atoms with Crippen molar-refractivity contribution < 1.29 is 9.69 Å². The number of halogens is 1. The molecule has 5 fully saturated rings. The first kappa shape index (κ1) is 14.5. The van der Waals surface area contributed by atoms with Gasteiger partial charge in [0, 0.05) is 10.7 Å². The number of rotatable bonds is 2.